The van der Waals surface area contributed by atoms with Crippen molar-refractivity contribution in [2.24, 2.45) is 0 Å². The van der Waals surface area contributed by atoms with E-state index in [0.29, 0.717) is 0 Å². The second-order valence-corrected chi connectivity index (χ2v) is 4.72. The summed E-state index contributed by atoms with van der Waals surface area (Å²) in [6.45, 7) is -0.495. The predicted molar refractivity (Wildman–Crippen MR) is 76.1 cm³/mol. The number of carbonyl (C=O) groups excluding carboxylic acids is 4. The molecule has 0 unspecified atom stereocenters. The van der Waals surface area contributed by atoms with E-state index in [0.717, 1.165) is 4.90 Å². The molecule has 4 amide bonds. The highest BCUT2D eigenvalue weighted by atomic mass is 16.3. The van der Waals surface area contributed by atoms with Crippen molar-refractivity contribution in [1.29, 1.82) is 0 Å². The molecular formula is C15H11N3O5. The van der Waals surface area contributed by atoms with E-state index < -0.39 is 30.2 Å². The Morgan fingerprint density at radius 2 is 1.61 bits per heavy atom. The molecule has 8 heteroatoms. The molecule has 2 heterocycles. The summed E-state index contributed by atoms with van der Waals surface area (Å²) in [6, 6.07) is 9.26. The van der Waals surface area contributed by atoms with Crippen LogP contribution < -0.4 is 10.9 Å². The lowest BCUT2D eigenvalue weighted by Gasteiger charge is -2.13. The summed E-state index contributed by atoms with van der Waals surface area (Å²) in [7, 11) is 0. The number of amides is 4. The van der Waals surface area contributed by atoms with Crippen molar-refractivity contribution < 1.29 is 23.6 Å². The Bertz CT molecular complexity index is 762. The molecule has 3 rings (SSSR count). The fourth-order valence-corrected chi connectivity index (χ4v) is 2.16. The molecule has 0 fully saturated rings. The van der Waals surface area contributed by atoms with Crippen LogP contribution in [0, 0.1) is 0 Å². The molecule has 23 heavy (non-hydrogen) atoms. The van der Waals surface area contributed by atoms with E-state index in [-0.39, 0.29) is 16.9 Å². The topological polar surface area (TPSA) is 109 Å². The maximum Gasteiger partial charge on any atom is 0.305 e. The average Bonchev–Trinajstić information content (AvgIpc) is 3.17. The van der Waals surface area contributed by atoms with E-state index in [1.807, 2.05) is 0 Å². The van der Waals surface area contributed by atoms with E-state index in [9.17, 15) is 19.2 Å². The summed E-state index contributed by atoms with van der Waals surface area (Å²) < 4.78 is 4.86. The van der Waals surface area contributed by atoms with Gasteiger partial charge in [0.2, 0.25) is 0 Å². The number of rotatable bonds is 3. The van der Waals surface area contributed by atoms with E-state index in [2.05, 4.69) is 10.9 Å². The van der Waals surface area contributed by atoms with E-state index in [1.54, 1.807) is 12.1 Å². The van der Waals surface area contributed by atoms with Crippen LogP contribution in [0.2, 0.25) is 0 Å². The first kappa shape index (κ1) is 14.5. The molecule has 1 aromatic heterocycles. The molecule has 1 aliphatic heterocycles. The van der Waals surface area contributed by atoms with Gasteiger partial charge in [-0.15, -0.1) is 0 Å². The van der Waals surface area contributed by atoms with Gasteiger partial charge in [-0.3, -0.25) is 34.9 Å². The smallest absolute Gasteiger partial charge is 0.305 e. The summed E-state index contributed by atoms with van der Waals surface area (Å²) in [4.78, 5) is 48.4. The molecule has 0 bridgehead atoms. The first-order chi connectivity index (χ1) is 11.1. The van der Waals surface area contributed by atoms with Crippen molar-refractivity contribution in [3.8, 4) is 0 Å². The van der Waals surface area contributed by atoms with Crippen molar-refractivity contribution >= 4 is 23.6 Å². The van der Waals surface area contributed by atoms with Crippen LogP contribution in [0.15, 0.2) is 47.1 Å². The third kappa shape index (κ3) is 2.69. The Morgan fingerprint density at radius 3 is 2.17 bits per heavy atom. The zero-order chi connectivity index (χ0) is 16.4. The lowest BCUT2D eigenvalue weighted by atomic mass is 10.1. The highest BCUT2D eigenvalue weighted by Crippen LogP contribution is 2.21. The molecule has 1 aromatic carbocycles. The number of imide groups is 1. The molecule has 1 aliphatic rings. The average molecular weight is 313 g/mol. The van der Waals surface area contributed by atoms with Gasteiger partial charge in [-0.2, -0.15) is 0 Å². The zero-order valence-corrected chi connectivity index (χ0v) is 11.7. The summed E-state index contributed by atoms with van der Waals surface area (Å²) in [6.07, 6.45) is 1.32. The third-order valence-electron chi connectivity index (χ3n) is 3.24. The van der Waals surface area contributed by atoms with Gasteiger partial charge in [0.25, 0.3) is 17.7 Å². The summed E-state index contributed by atoms with van der Waals surface area (Å²) >= 11 is 0. The van der Waals surface area contributed by atoms with Gasteiger partial charge in [0, 0.05) is 0 Å². The number of benzene rings is 1. The molecule has 0 atom stereocenters. The maximum absolute atomic E-state index is 12.1. The van der Waals surface area contributed by atoms with E-state index in [1.165, 1.54) is 30.5 Å². The lowest BCUT2D eigenvalue weighted by molar-refractivity contribution is -0.122. The van der Waals surface area contributed by atoms with Gasteiger partial charge in [0.1, 0.15) is 6.54 Å². The SMILES string of the molecule is O=C(CN1C(=O)c2ccccc2C1=O)NNC(=O)c1ccco1. The van der Waals surface area contributed by atoms with Gasteiger partial charge in [0.15, 0.2) is 5.76 Å². The first-order valence-corrected chi connectivity index (χ1v) is 6.66. The highest BCUT2D eigenvalue weighted by Gasteiger charge is 2.36. The summed E-state index contributed by atoms with van der Waals surface area (Å²) in [5.74, 6) is -2.42. The van der Waals surface area contributed by atoms with Crippen molar-refractivity contribution in [2.45, 2.75) is 0 Å². The van der Waals surface area contributed by atoms with Crippen LogP contribution in [0.4, 0.5) is 0 Å². The van der Waals surface area contributed by atoms with Crippen LogP contribution in [0.1, 0.15) is 31.3 Å². The molecule has 8 nitrogen and oxygen atoms in total. The van der Waals surface area contributed by atoms with Crippen molar-refractivity contribution in [1.82, 2.24) is 15.8 Å². The second kappa shape index (κ2) is 5.76. The lowest BCUT2D eigenvalue weighted by Crippen LogP contribution is -2.47. The first-order valence-electron chi connectivity index (χ1n) is 6.66. The number of carbonyl (C=O) groups is 4. The van der Waals surface area contributed by atoms with E-state index in [4.69, 9.17) is 4.42 Å². The zero-order valence-electron chi connectivity index (χ0n) is 11.7. The Hall–Kier alpha value is -3.42. The molecule has 0 saturated heterocycles. The van der Waals surface area contributed by atoms with Gasteiger partial charge in [-0.1, -0.05) is 12.1 Å². The second-order valence-electron chi connectivity index (χ2n) is 4.72. The fourth-order valence-electron chi connectivity index (χ4n) is 2.16. The Kier molecular flexibility index (Phi) is 3.63. The van der Waals surface area contributed by atoms with Gasteiger partial charge in [-0.25, -0.2) is 0 Å². The maximum atomic E-state index is 12.1. The quantitative estimate of drug-likeness (QED) is 0.627. The molecular weight excluding hydrogens is 302 g/mol. The summed E-state index contributed by atoms with van der Waals surface area (Å²) in [5.41, 5.74) is 4.76. The van der Waals surface area contributed by atoms with Gasteiger partial charge in [0.05, 0.1) is 17.4 Å². The van der Waals surface area contributed by atoms with Gasteiger partial charge in [-0.05, 0) is 24.3 Å². The summed E-state index contributed by atoms with van der Waals surface area (Å²) in [5, 5.41) is 0. The largest absolute Gasteiger partial charge is 0.459 e. The minimum absolute atomic E-state index is 0.0195. The molecule has 2 N–H and O–H groups in total. The number of hydrogen-bond donors (Lipinski definition) is 2. The monoisotopic (exact) mass is 313 g/mol. The molecule has 0 radical (unpaired) electrons. The molecule has 2 aromatic rings. The van der Waals surface area contributed by atoms with Crippen LogP contribution in [-0.4, -0.2) is 35.1 Å². The van der Waals surface area contributed by atoms with Crippen LogP contribution in [0.25, 0.3) is 0 Å². The van der Waals surface area contributed by atoms with Crippen LogP contribution in [0.5, 0.6) is 0 Å². The van der Waals surface area contributed by atoms with Crippen LogP contribution in [-0.2, 0) is 4.79 Å². The Labute approximate surface area is 130 Å². The van der Waals surface area contributed by atoms with Gasteiger partial charge < -0.3 is 4.42 Å². The standard InChI is InChI=1S/C15H11N3O5/c19-12(16-17-13(20)11-6-3-7-23-11)8-18-14(21)9-4-1-2-5-10(9)15(18)22/h1-7H,8H2,(H,16,19)(H,17,20). The van der Waals surface area contributed by atoms with Crippen molar-refractivity contribution in [3.63, 3.8) is 0 Å². The normalized spacial score (nSPS) is 13.0. The van der Waals surface area contributed by atoms with Crippen LogP contribution >= 0.6 is 0 Å². The Morgan fingerprint density at radius 1 is 0.957 bits per heavy atom. The van der Waals surface area contributed by atoms with E-state index >= 15 is 0 Å². The highest BCUT2D eigenvalue weighted by molar-refractivity contribution is 6.22. The van der Waals surface area contributed by atoms with Gasteiger partial charge >= 0.3 is 5.91 Å². The predicted octanol–water partition coefficient (Wildman–Crippen LogP) is 0.337. The molecule has 0 aliphatic carbocycles. The number of nitrogens with zero attached hydrogens (tertiary/aromatic N) is 1. The molecule has 0 saturated carbocycles. The number of fused-ring (bicyclic) bond motifs is 1. The van der Waals surface area contributed by atoms with Crippen molar-refractivity contribution in [2.75, 3.05) is 6.54 Å². The van der Waals surface area contributed by atoms with Crippen LogP contribution in [0.3, 0.4) is 0 Å². The Balaban J connectivity index is 1.60. The molecule has 116 valence electrons. The third-order valence-corrected chi connectivity index (χ3v) is 3.24. The van der Waals surface area contributed by atoms with Crippen molar-refractivity contribution in [3.05, 3.63) is 59.5 Å². The minimum Gasteiger partial charge on any atom is -0.459 e. The number of nitrogens with one attached hydrogen (secondary N) is 2. The minimum atomic E-state index is -0.709. The number of furan rings is 1. The number of hydrogen-bond acceptors (Lipinski definition) is 5. The molecule has 0 spiro atoms. The fraction of sp³-hybridized carbons (Fsp3) is 0.0667. The number of hydrazine groups is 1.